The highest BCUT2D eigenvalue weighted by atomic mass is 32.1. The molecule has 22 heavy (non-hydrogen) atoms. The number of hydrogen-bond donors (Lipinski definition) is 1. The molecule has 5 nitrogen and oxygen atoms in total. The smallest absolute Gasteiger partial charge is 0.350 e. The van der Waals surface area contributed by atoms with Crippen molar-refractivity contribution in [3.63, 3.8) is 0 Å². The average molecular weight is 320 g/mol. The molecule has 7 heteroatoms. The molecule has 0 saturated heterocycles. The van der Waals surface area contributed by atoms with Gasteiger partial charge in [-0.05, 0) is 29.6 Å². The van der Waals surface area contributed by atoms with Crippen molar-refractivity contribution >= 4 is 28.7 Å². The molecule has 0 radical (unpaired) electrons. The maximum Gasteiger partial charge on any atom is 0.350 e. The lowest BCUT2D eigenvalue weighted by Gasteiger charge is -2.19. The Labute approximate surface area is 130 Å². The second-order valence-corrected chi connectivity index (χ2v) is 5.48. The third-order valence-corrected chi connectivity index (χ3v) is 4.09. The summed E-state index contributed by atoms with van der Waals surface area (Å²) in [6.45, 7) is 0.479. The van der Waals surface area contributed by atoms with Gasteiger partial charge in [0, 0.05) is 12.0 Å². The van der Waals surface area contributed by atoms with Gasteiger partial charge in [0.25, 0.3) is 0 Å². The van der Waals surface area contributed by atoms with Gasteiger partial charge < -0.3 is 9.47 Å². The summed E-state index contributed by atoms with van der Waals surface area (Å²) in [4.78, 5) is 12.1. The van der Waals surface area contributed by atoms with E-state index in [0.717, 1.165) is 0 Å². The molecule has 0 fully saturated rings. The van der Waals surface area contributed by atoms with Gasteiger partial charge in [-0.25, -0.2) is 9.18 Å². The van der Waals surface area contributed by atoms with E-state index in [4.69, 9.17) is 9.47 Å². The van der Waals surface area contributed by atoms with E-state index in [9.17, 15) is 9.18 Å². The van der Waals surface area contributed by atoms with Crippen molar-refractivity contribution < 1.29 is 18.7 Å². The van der Waals surface area contributed by atoms with Crippen LogP contribution in [-0.2, 0) is 4.74 Å². The first-order valence-corrected chi connectivity index (χ1v) is 7.48. The van der Waals surface area contributed by atoms with E-state index in [-0.39, 0.29) is 5.82 Å². The van der Waals surface area contributed by atoms with Crippen molar-refractivity contribution in [2.24, 2.45) is 5.10 Å². The Hall–Kier alpha value is -2.41. The van der Waals surface area contributed by atoms with E-state index in [1.165, 1.54) is 30.6 Å². The van der Waals surface area contributed by atoms with E-state index in [0.29, 0.717) is 40.6 Å². The number of halogens is 1. The van der Waals surface area contributed by atoms with Gasteiger partial charge in [0.1, 0.15) is 16.4 Å². The summed E-state index contributed by atoms with van der Waals surface area (Å²) in [6, 6.07) is 6.07. The number of anilines is 1. The van der Waals surface area contributed by atoms with Gasteiger partial charge in [0.05, 0.1) is 25.1 Å². The maximum atomic E-state index is 13.4. The first-order valence-electron chi connectivity index (χ1n) is 6.60. The van der Waals surface area contributed by atoms with Crippen LogP contribution in [0.15, 0.2) is 34.7 Å². The lowest BCUT2D eigenvalue weighted by Crippen LogP contribution is -2.18. The highest BCUT2D eigenvalue weighted by molar-refractivity contribution is 7.12. The van der Waals surface area contributed by atoms with Gasteiger partial charge in [-0.3, -0.25) is 5.43 Å². The average Bonchev–Trinajstić information content (AvgIpc) is 3.00. The lowest BCUT2D eigenvalue weighted by atomic mass is 10.0. The Morgan fingerprint density at radius 1 is 1.45 bits per heavy atom. The Morgan fingerprint density at radius 2 is 2.32 bits per heavy atom. The van der Waals surface area contributed by atoms with Gasteiger partial charge in [-0.15, -0.1) is 11.3 Å². The number of nitrogens with one attached hydrogen (secondary N) is 1. The number of hydrazone groups is 1. The fourth-order valence-corrected chi connectivity index (χ4v) is 2.90. The van der Waals surface area contributed by atoms with Gasteiger partial charge >= 0.3 is 5.97 Å². The van der Waals surface area contributed by atoms with E-state index in [1.807, 2.05) is 0 Å². The van der Waals surface area contributed by atoms with Crippen LogP contribution in [0.2, 0.25) is 0 Å². The Balaban J connectivity index is 1.87. The molecule has 1 aromatic heterocycles. The predicted octanol–water partition coefficient (Wildman–Crippen LogP) is 3.27. The molecule has 0 saturated carbocycles. The van der Waals surface area contributed by atoms with Crippen molar-refractivity contribution in [3.8, 4) is 5.75 Å². The second-order valence-electron chi connectivity index (χ2n) is 4.56. The van der Waals surface area contributed by atoms with Crippen LogP contribution < -0.4 is 10.2 Å². The third-order valence-electron chi connectivity index (χ3n) is 3.20. The number of ether oxygens (including phenoxy) is 2. The lowest BCUT2D eigenvalue weighted by molar-refractivity contribution is 0.0607. The summed E-state index contributed by atoms with van der Waals surface area (Å²) < 4.78 is 23.6. The van der Waals surface area contributed by atoms with Crippen LogP contribution in [0.3, 0.4) is 0 Å². The van der Waals surface area contributed by atoms with Crippen LogP contribution in [0.5, 0.6) is 5.75 Å². The zero-order valence-electron chi connectivity index (χ0n) is 11.8. The topological polar surface area (TPSA) is 59.9 Å². The molecule has 2 heterocycles. The molecule has 1 aliphatic rings. The van der Waals surface area contributed by atoms with E-state index in [2.05, 4.69) is 10.5 Å². The fourth-order valence-electron chi connectivity index (χ4n) is 2.14. The number of benzene rings is 1. The van der Waals surface area contributed by atoms with Crippen molar-refractivity contribution in [2.45, 2.75) is 6.42 Å². The summed E-state index contributed by atoms with van der Waals surface area (Å²) in [6.07, 6.45) is 0.557. The number of carbonyl (C=O) groups excluding carboxylic acids is 1. The quantitative estimate of drug-likeness (QED) is 0.696. The molecule has 1 aromatic carbocycles. The van der Waals surface area contributed by atoms with Crippen LogP contribution in [0.1, 0.15) is 21.7 Å². The van der Waals surface area contributed by atoms with Crippen LogP contribution in [0.4, 0.5) is 10.1 Å². The molecule has 0 spiro atoms. The third kappa shape index (κ3) is 2.80. The zero-order valence-corrected chi connectivity index (χ0v) is 12.6. The van der Waals surface area contributed by atoms with E-state index < -0.39 is 5.97 Å². The standard InChI is InChI=1S/C15H13FN2O3S/c1-20-15(19)14-12(5-7-22-14)18-17-11-4-6-21-13-3-2-9(16)8-10(11)13/h2-3,5,7-8,18H,4,6H2,1H3/b17-11-. The Morgan fingerprint density at radius 3 is 3.14 bits per heavy atom. The molecule has 0 aliphatic carbocycles. The number of thiophene rings is 1. The normalized spacial score (nSPS) is 15.1. The first kappa shape index (κ1) is 14.5. The van der Waals surface area contributed by atoms with Crippen LogP contribution >= 0.6 is 11.3 Å². The number of hydrogen-bond acceptors (Lipinski definition) is 6. The molecule has 0 amide bonds. The Kier molecular flexibility index (Phi) is 4.06. The molecule has 1 N–H and O–H groups in total. The molecule has 2 aromatic rings. The van der Waals surface area contributed by atoms with Gasteiger partial charge in [0.2, 0.25) is 0 Å². The Bertz CT molecular complexity index is 742. The molecule has 3 rings (SSSR count). The highest BCUT2D eigenvalue weighted by Gasteiger charge is 2.18. The number of carbonyl (C=O) groups is 1. The summed E-state index contributed by atoms with van der Waals surface area (Å²) in [7, 11) is 1.33. The summed E-state index contributed by atoms with van der Waals surface area (Å²) in [5.74, 6) is -0.162. The summed E-state index contributed by atoms with van der Waals surface area (Å²) >= 11 is 1.27. The van der Waals surface area contributed by atoms with Crippen molar-refractivity contribution in [1.82, 2.24) is 0 Å². The first-order chi connectivity index (χ1) is 10.7. The number of fused-ring (bicyclic) bond motifs is 1. The van der Waals surface area contributed by atoms with Crippen LogP contribution in [0, 0.1) is 5.82 Å². The molecule has 0 atom stereocenters. The number of esters is 1. The maximum absolute atomic E-state index is 13.4. The molecular weight excluding hydrogens is 307 g/mol. The van der Waals surface area contributed by atoms with Crippen molar-refractivity contribution in [3.05, 3.63) is 45.9 Å². The number of nitrogens with zero attached hydrogens (tertiary/aromatic N) is 1. The van der Waals surface area contributed by atoms with Crippen molar-refractivity contribution in [2.75, 3.05) is 19.1 Å². The summed E-state index contributed by atoms with van der Waals surface area (Å²) in [5.41, 5.74) is 4.72. The predicted molar refractivity (Wildman–Crippen MR) is 82.3 cm³/mol. The molecular formula is C15H13FN2O3S. The van der Waals surface area contributed by atoms with E-state index >= 15 is 0 Å². The second kappa shape index (κ2) is 6.15. The highest BCUT2D eigenvalue weighted by Crippen LogP contribution is 2.27. The largest absolute Gasteiger partial charge is 0.492 e. The van der Waals surface area contributed by atoms with Crippen LogP contribution in [-0.4, -0.2) is 25.4 Å². The summed E-state index contributed by atoms with van der Waals surface area (Å²) in [5, 5.41) is 6.07. The number of rotatable bonds is 3. The minimum Gasteiger partial charge on any atom is -0.492 e. The SMILES string of the molecule is COC(=O)c1sccc1N/N=C1/CCOc2ccc(F)cc21. The minimum atomic E-state index is -0.420. The minimum absolute atomic E-state index is 0.345. The molecule has 114 valence electrons. The zero-order chi connectivity index (χ0) is 15.5. The monoisotopic (exact) mass is 320 g/mol. The van der Waals surface area contributed by atoms with Crippen molar-refractivity contribution in [1.29, 1.82) is 0 Å². The molecule has 0 unspecified atom stereocenters. The van der Waals surface area contributed by atoms with Crippen LogP contribution in [0.25, 0.3) is 0 Å². The fraction of sp³-hybridized carbons (Fsp3) is 0.200. The van der Waals surface area contributed by atoms with Gasteiger partial charge in [0.15, 0.2) is 0 Å². The molecule has 0 bridgehead atoms. The van der Waals surface area contributed by atoms with Gasteiger partial charge in [-0.2, -0.15) is 5.10 Å². The molecule has 1 aliphatic heterocycles. The van der Waals surface area contributed by atoms with Gasteiger partial charge in [-0.1, -0.05) is 0 Å². The number of methoxy groups -OCH3 is 1. The van der Waals surface area contributed by atoms with E-state index in [1.54, 1.807) is 17.5 Å².